The third-order valence-corrected chi connectivity index (χ3v) is 6.95. The zero-order valence-corrected chi connectivity index (χ0v) is 18.2. The molecule has 0 aromatic carbocycles. The van der Waals surface area contributed by atoms with E-state index in [4.69, 9.17) is 9.98 Å². The molecule has 0 saturated carbocycles. The molecule has 0 radical (unpaired) electrons. The van der Waals surface area contributed by atoms with Gasteiger partial charge in [-0.3, -0.25) is 9.89 Å². The van der Waals surface area contributed by atoms with Crippen LogP contribution in [0.25, 0.3) is 0 Å². The molecule has 0 amide bonds. The highest BCUT2D eigenvalue weighted by Gasteiger charge is 2.22. The number of piperidine rings is 2. The van der Waals surface area contributed by atoms with E-state index < -0.39 is 0 Å². The van der Waals surface area contributed by atoms with Crippen LogP contribution in [0.4, 0.5) is 0 Å². The van der Waals surface area contributed by atoms with Gasteiger partial charge in [0.25, 0.3) is 0 Å². The van der Waals surface area contributed by atoms with E-state index in [9.17, 15) is 0 Å². The zero-order valence-electron chi connectivity index (χ0n) is 17.4. The van der Waals surface area contributed by atoms with Crippen molar-refractivity contribution in [2.45, 2.75) is 59.4 Å². The predicted octanol–water partition coefficient (Wildman–Crippen LogP) is 3.61. The summed E-state index contributed by atoms with van der Waals surface area (Å²) in [4.78, 5) is 14.8. The van der Waals surface area contributed by atoms with Crippen molar-refractivity contribution in [1.82, 2.24) is 20.1 Å². The normalized spacial score (nSPS) is 21.0. The first-order valence-corrected chi connectivity index (χ1v) is 11.7. The average Bonchev–Trinajstić information content (AvgIpc) is 3.15. The Morgan fingerprint density at radius 3 is 2.56 bits per heavy atom. The molecule has 27 heavy (non-hydrogen) atoms. The summed E-state index contributed by atoms with van der Waals surface area (Å²) in [5, 5.41) is 7.01. The van der Waals surface area contributed by atoms with E-state index in [0.717, 1.165) is 56.9 Å². The molecule has 2 saturated heterocycles. The van der Waals surface area contributed by atoms with Crippen LogP contribution in [0, 0.1) is 11.8 Å². The van der Waals surface area contributed by atoms with Crippen molar-refractivity contribution in [3.8, 4) is 0 Å². The third kappa shape index (κ3) is 6.18. The minimum absolute atomic E-state index is 0.722. The second-order valence-electron chi connectivity index (χ2n) is 8.17. The summed E-state index contributed by atoms with van der Waals surface area (Å²) in [6, 6.07) is 0. The smallest absolute Gasteiger partial charge is 0.193 e. The van der Waals surface area contributed by atoms with Crippen LogP contribution in [0.3, 0.4) is 0 Å². The van der Waals surface area contributed by atoms with E-state index in [1.165, 1.54) is 49.5 Å². The Morgan fingerprint density at radius 1 is 1.19 bits per heavy atom. The van der Waals surface area contributed by atoms with Crippen LogP contribution >= 0.6 is 11.3 Å². The van der Waals surface area contributed by atoms with Crippen LogP contribution in [-0.2, 0) is 13.0 Å². The Balaban J connectivity index is 1.44. The number of aromatic nitrogens is 1. The fraction of sp³-hybridized carbons (Fsp3) is 0.810. The van der Waals surface area contributed by atoms with Gasteiger partial charge >= 0.3 is 0 Å². The third-order valence-electron chi connectivity index (χ3n) is 5.91. The Labute approximate surface area is 169 Å². The minimum atomic E-state index is 0.722. The van der Waals surface area contributed by atoms with Gasteiger partial charge in [-0.1, -0.05) is 13.8 Å². The Kier molecular flexibility index (Phi) is 7.94. The van der Waals surface area contributed by atoms with E-state index >= 15 is 0 Å². The van der Waals surface area contributed by atoms with Crippen LogP contribution in [-0.4, -0.2) is 60.0 Å². The molecular weight excluding hydrogens is 354 g/mol. The number of rotatable bonds is 6. The summed E-state index contributed by atoms with van der Waals surface area (Å²) in [7, 11) is 0. The first-order chi connectivity index (χ1) is 13.2. The van der Waals surface area contributed by atoms with Gasteiger partial charge < -0.3 is 10.2 Å². The molecule has 152 valence electrons. The molecule has 6 heteroatoms. The Hall–Kier alpha value is -1.14. The molecule has 0 bridgehead atoms. The standard InChI is InChI=1S/C21H37N5S/c1-4-20-24-19(16-27-20)15-25-10-8-18(9-11-25)14-23-21(22-5-2)26-12-6-17(3)7-13-26/h16-18H,4-15H2,1-3H3,(H,22,23). The highest BCUT2D eigenvalue weighted by atomic mass is 32.1. The lowest BCUT2D eigenvalue weighted by molar-refractivity contribution is 0.178. The molecule has 0 aliphatic carbocycles. The first kappa shape index (κ1) is 20.6. The maximum Gasteiger partial charge on any atom is 0.193 e. The zero-order chi connectivity index (χ0) is 19.1. The van der Waals surface area contributed by atoms with E-state index in [1.54, 1.807) is 11.3 Å². The van der Waals surface area contributed by atoms with Gasteiger partial charge in [0.05, 0.1) is 10.7 Å². The first-order valence-electron chi connectivity index (χ1n) is 10.9. The molecular formula is C21H37N5S. The average molecular weight is 392 g/mol. The van der Waals surface area contributed by atoms with E-state index in [1.807, 2.05) is 0 Å². The van der Waals surface area contributed by atoms with Crippen molar-refractivity contribution in [3.05, 3.63) is 16.1 Å². The number of nitrogens with one attached hydrogen (secondary N) is 1. The maximum atomic E-state index is 5.01. The van der Waals surface area contributed by atoms with Crippen LogP contribution < -0.4 is 5.32 Å². The molecule has 2 aliphatic heterocycles. The van der Waals surface area contributed by atoms with Crippen LogP contribution in [0.5, 0.6) is 0 Å². The van der Waals surface area contributed by atoms with Gasteiger partial charge in [0.1, 0.15) is 0 Å². The van der Waals surface area contributed by atoms with Gasteiger partial charge in [-0.15, -0.1) is 11.3 Å². The second kappa shape index (κ2) is 10.4. The lowest BCUT2D eigenvalue weighted by atomic mass is 9.97. The van der Waals surface area contributed by atoms with Gasteiger partial charge in [0.15, 0.2) is 5.96 Å². The van der Waals surface area contributed by atoms with E-state index in [-0.39, 0.29) is 0 Å². The number of nitrogens with zero attached hydrogens (tertiary/aromatic N) is 4. The highest BCUT2D eigenvalue weighted by Crippen LogP contribution is 2.21. The lowest BCUT2D eigenvalue weighted by Gasteiger charge is -2.34. The molecule has 3 rings (SSSR count). The van der Waals surface area contributed by atoms with Crippen molar-refractivity contribution in [2.24, 2.45) is 16.8 Å². The van der Waals surface area contributed by atoms with Gasteiger partial charge in [-0.05, 0) is 64.0 Å². The number of hydrogen-bond acceptors (Lipinski definition) is 4. The van der Waals surface area contributed by atoms with Crippen LogP contribution in [0.1, 0.15) is 57.2 Å². The van der Waals surface area contributed by atoms with Crippen LogP contribution in [0.15, 0.2) is 10.4 Å². The van der Waals surface area contributed by atoms with E-state index in [2.05, 4.69) is 41.3 Å². The maximum absolute atomic E-state index is 5.01. The molecule has 5 nitrogen and oxygen atoms in total. The second-order valence-corrected chi connectivity index (χ2v) is 9.11. The van der Waals surface area contributed by atoms with Gasteiger partial charge in [0, 0.05) is 38.1 Å². The molecule has 0 atom stereocenters. The summed E-state index contributed by atoms with van der Waals surface area (Å²) < 4.78 is 0. The number of aliphatic imine (C=N–C) groups is 1. The molecule has 3 heterocycles. The summed E-state index contributed by atoms with van der Waals surface area (Å²) >= 11 is 1.80. The summed E-state index contributed by atoms with van der Waals surface area (Å²) in [6.45, 7) is 14.3. The number of aryl methyl sites for hydroxylation is 1. The van der Waals surface area contributed by atoms with Crippen molar-refractivity contribution in [2.75, 3.05) is 39.3 Å². The minimum Gasteiger partial charge on any atom is -0.357 e. The molecule has 2 fully saturated rings. The topological polar surface area (TPSA) is 43.8 Å². The van der Waals surface area contributed by atoms with Crippen LogP contribution in [0.2, 0.25) is 0 Å². The van der Waals surface area contributed by atoms with Gasteiger partial charge in [-0.2, -0.15) is 0 Å². The summed E-state index contributed by atoms with van der Waals surface area (Å²) in [5.74, 6) is 2.72. The van der Waals surface area contributed by atoms with Gasteiger partial charge in [0.2, 0.25) is 0 Å². The van der Waals surface area contributed by atoms with Crippen molar-refractivity contribution < 1.29 is 0 Å². The SMILES string of the molecule is CCNC(=NCC1CCN(Cc2csc(CC)n2)CC1)N1CCC(C)CC1. The molecule has 0 spiro atoms. The summed E-state index contributed by atoms with van der Waals surface area (Å²) in [6.07, 6.45) is 6.14. The molecule has 2 aliphatic rings. The molecule has 0 unspecified atom stereocenters. The number of guanidine groups is 1. The number of hydrogen-bond donors (Lipinski definition) is 1. The van der Waals surface area contributed by atoms with Crippen molar-refractivity contribution in [1.29, 1.82) is 0 Å². The van der Waals surface area contributed by atoms with Gasteiger partial charge in [-0.25, -0.2) is 4.98 Å². The Morgan fingerprint density at radius 2 is 1.93 bits per heavy atom. The molecule has 1 aromatic rings. The lowest BCUT2D eigenvalue weighted by Crippen LogP contribution is -2.45. The quantitative estimate of drug-likeness (QED) is 0.594. The highest BCUT2D eigenvalue weighted by molar-refractivity contribution is 7.09. The number of likely N-dealkylation sites (tertiary alicyclic amines) is 2. The predicted molar refractivity (Wildman–Crippen MR) is 115 cm³/mol. The fourth-order valence-electron chi connectivity index (χ4n) is 4.00. The van der Waals surface area contributed by atoms with Crippen molar-refractivity contribution >= 4 is 17.3 Å². The number of thiazole rings is 1. The van der Waals surface area contributed by atoms with Crippen molar-refractivity contribution in [3.63, 3.8) is 0 Å². The fourth-order valence-corrected chi connectivity index (χ4v) is 4.74. The summed E-state index contributed by atoms with van der Waals surface area (Å²) in [5.41, 5.74) is 1.25. The van der Waals surface area contributed by atoms with E-state index in [0.29, 0.717) is 0 Å². The monoisotopic (exact) mass is 391 g/mol. The Bertz CT molecular complexity index is 583. The molecule has 1 aromatic heterocycles. The molecule has 1 N–H and O–H groups in total. The largest absolute Gasteiger partial charge is 0.357 e.